The molecule has 19 heteroatoms. The van der Waals surface area contributed by atoms with E-state index in [-0.39, 0.29) is 34.3 Å². The van der Waals surface area contributed by atoms with Crippen LogP contribution >= 0.6 is 7.75 Å². The van der Waals surface area contributed by atoms with Gasteiger partial charge in [-0.05, 0) is 49.2 Å². The Morgan fingerprint density at radius 1 is 1.17 bits per heavy atom. The summed E-state index contributed by atoms with van der Waals surface area (Å²) in [5, 5.41) is 25.8. The molecule has 1 aliphatic rings. The van der Waals surface area contributed by atoms with Crippen LogP contribution in [0.5, 0.6) is 11.6 Å². The predicted octanol–water partition coefficient (Wildman–Crippen LogP) is 3.81. The molecule has 2 unspecified atom stereocenters. The maximum Gasteiger partial charge on any atom is 0.459 e. The number of nitrogens with two attached hydrogens (primary N) is 1. The van der Waals surface area contributed by atoms with Gasteiger partial charge in [0.05, 0.1) is 25.6 Å². The Kier molecular flexibility index (Phi) is 10.4. The number of ether oxygens (including phenoxy) is 3. The minimum atomic E-state index is -4.63. The number of pyridine rings is 1. The summed E-state index contributed by atoms with van der Waals surface area (Å²) in [6.45, 7) is 3.42. The van der Waals surface area contributed by atoms with E-state index in [1.165, 1.54) is 31.0 Å². The number of aliphatic hydroxyl groups excluding tert-OH is 1. The van der Waals surface area contributed by atoms with Crippen molar-refractivity contribution >= 4 is 41.7 Å². The van der Waals surface area contributed by atoms with Gasteiger partial charge in [0, 0.05) is 23.2 Å². The number of nitrogens with one attached hydrogen (secondary N) is 1. The normalized spacial score (nSPS) is 22.1. The van der Waals surface area contributed by atoms with Crippen molar-refractivity contribution in [3.63, 3.8) is 0 Å². The number of carbonyl (C=O) groups excluding carboxylic acids is 1. The molecular formula is C33H36F2N7O9P. The number of nitrogen functional groups attached to an aromatic ring is 1. The zero-order valence-corrected chi connectivity index (χ0v) is 29.2. The van der Waals surface area contributed by atoms with Crippen LogP contribution in [0.25, 0.3) is 22.1 Å². The van der Waals surface area contributed by atoms with Crippen LogP contribution in [0.3, 0.4) is 0 Å². The second-order valence-electron chi connectivity index (χ2n) is 12.5. The molecule has 0 saturated carbocycles. The maximum atomic E-state index is 14.7. The van der Waals surface area contributed by atoms with Gasteiger partial charge in [0.25, 0.3) is 0 Å². The van der Waals surface area contributed by atoms with E-state index in [9.17, 15) is 28.4 Å². The molecule has 6 atom stereocenters. The fourth-order valence-electron chi connectivity index (χ4n) is 5.67. The van der Waals surface area contributed by atoms with Gasteiger partial charge < -0.3 is 34.7 Å². The highest BCUT2D eigenvalue weighted by atomic mass is 31.2. The lowest BCUT2D eigenvalue weighted by molar-refractivity contribution is -0.148. The lowest BCUT2D eigenvalue weighted by atomic mass is 9.96. The van der Waals surface area contributed by atoms with Crippen molar-refractivity contribution in [2.75, 3.05) is 19.5 Å². The van der Waals surface area contributed by atoms with Crippen molar-refractivity contribution in [1.82, 2.24) is 29.6 Å². The molecule has 1 fully saturated rings. The van der Waals surface area contributed by atoms with E-state index in [1.807, 2.05) is 0 Å². The number of carbonyl (C=O) groups is 1. The SMILES string of the molecule is COc1nc(N)nc2c1ncn2C1O[C@H](COP(=O)(N[C@H](C(=O)OCc2ccc(F)cc2F)C(C)C)Oc2cccc3ncccc23)[C@@H](O)[C@@]1(C)O. The summed E-state index contributed by atoms with van der Waals surface area (Å²) in [5.41, 5.74) is 4.66. The molecule has 52 heavy (non-hydrogen) atoms. The summed E-state index contributed by atoms with van der Waals surface area (Å²) in [7, 11) is -3.25. The van der Waals surface area contributed by atoms with E-state index in [0.29, 0.717) is 17.0 Å². The lowest BCUT2D eigenvalue weighted by Crippen LogP contribution is -2.45. The average Bonchev–Trinajstić information content (AvgIpc) is 3.62. The summed E-state index contributed by atoms with van der Waals surface area (Å²) < 4.78 is 72.2. The van der Waals surface area contributed by atoms with Crippen LogP contribution in [0, 0.1) is 17.6 Å². The number of anilines is 1. The van der Waals surface area contributed by atoms with E-state index in [2.05, 4.69) is 25.0 Å². The number of imidazole rings is 1. The van der Waals surface area contributed by atoms with E-state index in [0.717, 1.165) is 12.1 Å². The zero-order chi connectivity index (χ0) is 37.4. The molecular weight excluding hydrogens is 707 g/mol. The minimum absolute atomic E-state index is 0.0770. The van der Waals surface area contributed by atoms with Gasteiger partial charge >= 0.3 is 13.7 Å². The Morgan fingerprint density at radius 3 is 2.69 bits per heavy atom. The van der Waals surface area contributed by atoms with Crippen LogP contribution in [0.2, 0.25) is 0 Å². The molecule has 5 N–H and O–H groups in total. The highest BCUT2D eigenvalue weighted by molar-refractivity contribution is 7.52. The highest BCUT2D eigenvalue weighted by Crippen LogP contribution is 2.49. The Labute approximate surface area is 295 Å². The van der Waals surface area contributed by atoms with Gasteiger partial charge in [-0.2, -0.15) is 15.1 Å². The lowest BCUT2D eigenvalue weighted by Gasteiger charge is -2.28. The number of fused-ring (bicyclic) bond motifs is 2. The second-order valence-corrected chi connectivity index (χ2v) is 14.2. The largest absolute Gasteiger partial charge is 0.479 e. The first-order chi connectivity index (χ1) is 24.7. The van der Waals surface area contributed by atoms with Gasteiger partial charge in [0.2, 0.25) is 11.8 Å². The predicted molar refractivity (Wildman–Crippen MR) is 181 cm³/mol. The number of hydrogen-bond donors (Lipinski definition) is 4. The molecule has 1 aliphatic heterocycles. The molecule has 0 radical (unpaired) electrons. The monoisotopic (exact) mass is 743 g/mol. The molecule has 16 nitrogen and oxygen atoms in total. The smallest absolute Gasteiger partial charge is 0.459 e. The molecule has 4 heterocycles. The summed E-state index contributed by atoms with van der Waals surface area (Å²) >= 11 is 0. The summed E-state index contributed by atoms with van der Waals surface area (Å²) in [4.78, 5) is 30.1. The minimum Gasteiger partial charge on any atom is -0.479 e. The molecule has 5 aromatic rings. The Hall–Kier alpha value is -4.84. The number of aromatic nitrogens is 5. The van der Waals surface area contributed by atoms with E-state index < -0.39 is 74.6 Å². The van der Waals surface area contributed by atoms with Crippen LogP contribution in [0.1, 0.15) is 32.6 Å². The van der Waals surface area contributed by atoms with Crippen LogP contribution in [-0.2, 0) is 30.0 Å². The number of esters is 1. The van der Waals surface area contributed by atoms with Gasteiger partial charge in [0.1, 0.15) is 47.8 Å². The van der Waals surface area contributed by atoms with Crippen molar-refractivity contribution in [3.8, 4) is 11.6 Å². The fourth-order valence-corrected chi connectivity index (χ4v) is 7.35. The summed E-state index contributed by atoms with van der Waals surface area (Å²) in [6.07, 6.45) is -1.38. The van der Waals surface area contributed by atoms with Crippen molar-refractivity contribution in [2.24, 2.45) is 5.92 Å². The first-order valence-corrected chi connectivity index (χ1v) is 17.5. The molecule has 0 amide bonds. The van der Waals surface area contributed by atoms with E-state index >= 15 is 0 Å². The molecule has 3 aromatic heterocycles. The standard InChI is InChI=1S/C33H36F2N7O9P/c1-17(2)25(30(44)48-14-18-10-11-19(34)13-21(18)35)41-52(46,51-23-9-5-8-22-20(23)7-6-12-37-22)49-15-24-27(43)33(3,45)31(50-24)42-16-38-26-28(42)39-32(36)40-29(26)47-4/h5-13,16-17,24-25,27,31,43,45H,14-15H2,1-4H3,(H,41,46)(H2,36,39,40)/t24-,25+,27-,31?,33-,52?/m1/s1. The number of halogens is 2. The van der Waals surface area contributed by atoms with Crippen molar-refractivity contribution in [3.05, 3.63) is 78.3 Å². The van der Waals surface area contributed by atoms with Crippen molar-refractivity contribution < 1.29 is 51.6 Å². The number of aliphatic hydroxyl groups is 2. The summed E-state index contributed by atoms with van der Waals surface area (Å²) in [6, 6.07) is 9.66. The average molecular weight is 744 g/mol. The third-order valence-electron chi connectivity index (χ3n) is 8.44. The van der Waals surface area contributed by atoms with E-state index in [1.54, 1.807) is 44.3 Å². The molecule has 0 spiro atoms. The highest BCUT2D eigenvalue weighted by Gasteiger charge is 2.54. The Balaban J connectivity index is 1.27. The molecule has 0 bridgehead atoms. The second kappa shape index (κ2) is 14.7. The first kappa shape index (κ1) is 36.9. The maximum absolute atomic E-state index is 14.7. The van der Waals surface area contributed by atoms with Gasteiger partial charge in [-0.1, -0.05) is 19.9 Å². The summed E-state index contributed by atoms with van der Waals surface area (Å²) in [5.74, 6) is -3.21. The van der Waals surface area contributed by atoms with Crippen LogP contribution in [-0.4, -0.2) is 78.3 Å². The van der Waals surface area contributed by atoms with Crippen LogP contribution in [0.15, 0.2) is 61.1 Å². The fraction of sp³-hybridized carbons (Fsp3) is 0.364. The van der Waals surface area contributed by atoms with Gasteiger partial charge in [-0.3, -0.25) is 18.9 Å². The van der Waals surface area contributed by atoms with Gasteiger partial charge in [0.15, 0.2) is 17.4 Å². The van der Waals surface area contributed by atoms with Crippen molar-refractivity contribution in [2.45, 2.75) is 57.5 Å². The van der Waals surface area contributed by atoms with Gasteiger partial charge in [-0.15, -0.1) is 0 Å². The van der Waals surface area contributed by atoms with Crippen LogP contribution < -0.4 is 20.1 Å². The topological polar surface area (TPSA) is 215 Å². The zero-order valence-electron chi connectivity index (χ0n) is 28.3. The van der Waals surface area contributed by atoms with Crippen LogP contribution in [0.4, 0.5) is 14.7 Å². The molecule has 2 aromatic carbocycles. The molecule has 6 rings (SSSR count). The Bertz CT molecular complexity index is 2150. The number of methoxy groups -OCH3 is 1. The quantitative estimate of drug-likeness (QED) is 0.0997. The molecule has 276 valence electrons. The number of rotatable bonds is 13. The molecule has 0 aliphatic carbocycles. The number of hydrogen-bond acceptors (Lipinski definition) is 14. The first-order valence-electron chi connectivity index (χ1n) is 16.0. The molecule has 1 saturated heterocycles. The Morgan fingerprint density at radius 2 is 1.96 bits per heavy atom. The third kappa shape index (κ3) is 7.39. The number of benzene rings is 2. The van der Waals surface area contributed by atoms with E-state index in [4.69, 9.17) is 29.0 Å². The number of nitrogens with zero attached hydrogens (tertiary/aromatic N) is 5. The third-order valence-corrected chi connectivity index (χ3v) is 9.96. The van der Waals surface area contributed by atoms with Gasteiger partial charge in [-0.25, -0.2) is 18.3 Å². The van der Waals surface area contributed by atoms with Crippen molar-refractivity contribution in [1.29, 1.82) is 0 Å².